The van der Waals surface area contributed by atoms with Crippen molar-refractivity contribution in [3.8, 4) is 0 Å². The Bertz CT molecular complexity index is 616. The highest BCUT2D eigenvalue weighted by atomic mass is 16.4. The molecule has 110 valence electrons. The van der Waals surface area contributed by atoms with E-state index in [-0.39, 0.29) is 35.3 Å². The zero-order chi connectivity index (χ0) is 15.0. The van der Waals surface area contributed by atoms with E-state index in [1.54, 1.807) is 4.90 Å². The van der Waals surface area contributed by atoms with Gasteiger partial charge in [0.05, 0.1) is 0 Å². The minimum atomic E-state index is -1.17. The molecule has 3 rings (SSSR count). The molecule has 7 nitrogen and oxygen atoms in total. The molecule has 2 amide bonds. The molecule has 2 bridgehead atoms. The Hall–Kier alpha value is -2.44. The highest BCUT2D eigenvalue weighted by Crippen LogP contribution is 2.29. The number of pyridine rings is 1. The summed E-state index contributed by atoms with van der Waals surface area (Å²) in [6.07, 6.45) is 1.93. The second-order valence-corrected chi connectivity index (χ2v) is 5.32. The SMILES string of the molecule is O=C1CC2CCC(CN1)N2C(=O)c1cccc(C(=O)O)n1. The molecule has 1 aromatic rings. The van der Waals surface area contributed by atoms with Gasteiger partial charge in [-0.3, -0.25) is 9.59 Å². The molecule has 2 saturated heterocycles. The highest BCUT2D eigenvalue weighted by Gasteiger charge is 2.40. The van der Waals surface area contributed by atoms with Gasteiger partial charge < -0.3 is 15.3 Å². The van der Waals surface area contributed by atoms with Crippen molar-refractivity contribution in [3.05, 3.63) is 29.6 Å². The quantitative estimate of drug-likeness (QED) is 0.814. The van der Waals surface area contributed by atoms with E-state index in [1.807, 2.05) is 0 Å². The third-order valence-electron chi connectivity index (χ3n) is 4.00. The molecule has 2 aliphatic rings. The summed E-state index contributed by atoms with van der Waals surface area (Å²) in [5.41, 5.74) is -0.0432. The second-order valence-electron chi connectivity index (χ2n) is 5.32. The second kappa shape index (κ2) is 5.16. The monoisotopic (exact) mass is 289 g/mol. The molecule has 2 aliphatic heterocycles. The summed E-state index contributed by atoms with van der Waals surface area (Å²) in [6, 6.07) is 4.20. The van der Waals surface area contributed by atoms with Crippen LogP contribution in [0.25, 0.3) is 0 Å². The van der Waals surface area contributed by atoms with Crippen LogP contribution in [0.1, 0.15) is 40.2 Å². The topological polar surface area (TPSA) is 99.6 Å². The van der Waals surface area contributed by atoms with Gasteiger partial charge in [0.2, 0.25) is 5.91 Å². The van der Waals surface area contributed by atoms with Crippen molar-refractivity contribution in [2.45, 2.75) is 31.3 Å². The van der Waals surface area contributed by atoms with E-state index in [4.69, 9.17) is 5.11 Å². The molecule has 21 heavy (non-hydrogen) atoms. The largest absolute Gasteiger partial charge is 0.477 e. The third-order valence-corrected chi connectivity index (χ3v) is 4.00. The van der Waals surface area contributed by atoms with Crippen LogP contribution in [0.3, 0.4) is 0 Å². The van der Waals surface area contributed by atoms with Crippen LogP contribution in [0.2, 0.25) is 0 Å². The molecule has 0 aromatic carbocycles. The van der Waals surface area contributed by atoms with Gasteiger partial charge in [0, 0.05) is 25.0 Å². The molecule has 3 heterocycles. The van der Waals surface area contributed by atoms with Crippen molar-refractivity contribution in [3.63, 3.8) is 0 Å². The minimum absolute atomic E-state index is 0.0377. The molecule has 2 atom stereocenters. The summed E-state index contributed by atoms with van der Waals surface area (Å²) in [4.78, 5) is 40.7. The first kappa shape index (κ1) is 13.5. The fraction of sp³-hybridized carbons (Fsp3) is 0.429. The maximum atomic E-state index is 12.6. The number of carboxylic acid groups (broad SMARTS) is 1. The maximum absolute atomic E-state index is 12.6. The Balaban J connectivity index is 1.89. The standard InChI is InChI=1S/C14H15N3O4/c18-12-6-8-4-5-9(7-15-12)17(8)13(19)10-2-1-3-11(16-10)14(20)21/h1-3,8-9H,4-7H2,(H,15,18)(H,20,21). The third kappa shape index (κ3) is 2.46. The van der Waals surface area contributed by atoms with Crippen LogP contribution in [0, 0.1) is 0 Å². The Morgan fingerprint density at radius 1 is 1.24 bits per heavy atom. The number of nitrogens with zero attached hydrogens (tertiary/aromatic N) is 2. The molecule has 0 radical (unpaired) electrons. The average Bonchev–Trinajstić information content (AvgIpc) is 2.78. The normalized spacial score (nSPS) is 24.4. The summed E-state index contributed by atoms with van der Waals surface area (Å²) in [5.74, 6) is -1.52. The lowest BCUT2D eigenvalue weighted by atomic mass is 10.1. The van der Waals surface area contributed by atoms with Crippen LogP contribution in [-0.2, 0) is 4.79 Å². The first-order valence-electron chi connectivity index (χ1n) is 6.86. The van der Waals surface area contributed by atoms with Gasteiger partial charge in [-0.15, -0.1) is 0 Å². The van der Waals surface area contributed by atoms with Crippen molar-refractivity contribution in [1.82, 2.24) is 15.2 Å². The zero-order valence-electron chi connectivity index (χ0n) is 11.3. The Labute approximate surface area is 121 Å². The number of nitrogens with one attached hydrogen (secondary N) is 1. The molecule has 2 unspecified atom stereocenters. The number of aromatic nitrogens is 1. The van der Waals surface area contributed by atoms with E-state index in [0.717, 1.165) is 12.8 Å². The average molecular weight is 289 g/mol. The smallest absolute Gasteiger partial charge is 0.354 e. The molecule has 1 aromatic heterocycles. The number of hydrogen-bond donors (Lipinski definition) is 2. The lowest BCUT2D eigenvalue weighted by Gasteiger charge is -2.27. The fourth-order valence-electron chi connectivity index (χ4n) is 3.02. The van der Waals surface area contributed by atoms with Crippen LogP contribution >= 0.6 is 0 Å². The molecular weight excluding hydrogens is 274 g/mol. The molecule has 0 saturated carbocycles. The predicted octanol–water partition coefficient (Wildman–Crippen LogP) is 0.273. The Morgan fingerprint density at radius 3 is 2.71 bits per heavy atom. The minimum Gasteiger partial charge on any atom is -0.477 e. The number of aromatic carboxylic acids is 1. The van der Waals surface area contributed by atoms with Gasteiger partial charge in [0.1, 0.15) is 11.4 Å². The number of amides is 2. The van der Waals surface area contributed by atoms with Crippen molar-refractivity contribution in [2.24, 2.45) is 0 Å². The van der Waals surface area contributed by atoms with E-state index in [2.05, 4.69) is 10.3 Å². The van der Waals surface area contributed by atoms with Crippen molar-refractivity contribution in [1.29, 1.82) is 0 Å². The van der Waals surface area contributed by atoms with Crippen molar-refractivity contribution in [2.75, 3.05) is 6.54 Å². The van der Waals surface area contributed by atoms with Gasteiger partial charge in [-0.05, 0) is 25.0 Å². The molecule has 7 heteroatoms. The van der Waals surface area contributed by atoms with Gasteiger partial charge >= 0.3 is 5.97 Å². The van der Waals surface area contributed by atoms with Gasteiger partial charge in [0.25, 0.3) is 5.91 Å². The highest BCUT2D eigenvalue weighted by molar-refractivity contribution is 5.95. The van der Waals surface area contributed by atoms with Gasteiger partial charge in [-0.2, -0.15) is 0 Å². The summed E-state index contributed by atoms with van der Waals surface area (Å²) in [5, 5.41) is 11.7. The summed E-state index contributed by atoms with van der Waals surface area (Å²) >= 11 is 0. The van der Waals surface area contributed by atoms with Crippen LogP contribution in [0.5, 0.6) is 0 Å². The van der Waals surface area contributed by atoms with Gasteiger partial charge in [-0.1, -0.05) is 6.07 Å². The van der Waals surface area contributed by atoms with E-state index >= 15 is 0 Å². The maximum Gasteiger partial charge on any atom is 0.354 e. The number of fused-ring (bicyclic) bond motifs is 2. The van der Waals surface area contributed by atoms with Crippen LogP contribution < -0.4 is 5.32 Å². The Morgan fingerprint density at radius 2 is 1.95 bits per heavy atom. The Kier molecular flexibility index (Phi) is 3.32. The van der Waals surface area contributed by atoms with Crippen molar-refractivity contribution < 1.29 is 19.5 Å². The van der Waals surface area contributed by atoms with Crippen molar-refractivity contribution >= 4 is 17.8 Å². The summed E-state index contributed by atoms with van der Waals surface area (Å²) in [7, 11) is 0. The molecule has 2 N–H and O–H groups in total. The summed E-state index contributed by atoms with van der Waals surface area (Å²) in [6.45, 7) is 0.444. The molecular formula is C14H15N3O4. The van der Waals surface area contributed by atoms with Crippen LogP contribution in [0.15, 0.2) is 18.2 Å². The first-order chi connectivity index (χ1) is 10.1. The van der Waals surface area contributed by atoms with E-state index in [9.17, 15) is 14.4 Å². The zero-order valence-corrected chi connectivity index (χ0v) is 11.3. The lowest BCUT2D eigenvalue weighted by Crippen LogP contribution is -2.42. The number of hydrogen-bond acceptors (Lipinski definition) is 4. The van der Waals surface area contributed by atoms with Gasteiger partial charge in [-0.25, -0.2) is 9.78 Å². The lowest BCUT2D eigenvalue weighted by molar-refractivity contribution is -0.121. The molecule has 0 spiro atoms. The number of carbonyl (C=O) groups excluding carboxylic acids is 2. The summed E-state index contributed by atoms with van der Waals surface area (Å²) < 4.78 is 0. The van der Waals surface area contributed by atoms with Crippen LogP contribution in [0.4, 0.5) is 0 Å². The van der Waals surface area contributed by atoms with Crippen LogP contribution in [-0.4, -0.2) is 51.4 Å². The number of carboxylic acids is 1. The fourth-order valence-corrected chi connectivity index (χ4v) is 3.02. The van der Waals surface area contributed by atoms with Gasteiger partial charge in [0.15, 0.2) is 0 Å². The predicted molar refractivity (Wildman–Crippen MR) is 71.8 cm³/mol. The van der Waals surface area contributed by atoms with E-state index < -0.39 is 5.97 Å². The molecule has 2 fully saturated rings. The first-order valence-corrected chi connectivity index (χ1v) is 6.86. The van der Waals surface area contributed by atoms with E-state index in [1.165, 1.54) is 18.2 Å². The molecule has 0 aliphatic carbocycles. The van der Waals surface area contributed by atoms with E-state index in [0.29, 0.717) is 13.0 Å². The number of rotatable bonds is 2. The number of carbonyl (C=O) groups is 3.